The highest BCUT2D eigenvalue weighted by molar-refractivity contribution is 6.27. The molecule has 0 spiro atoms. The first-order chi connectivity index (χ1) is 34.8. The summed E-state index contributed by atoms with van der Waals surface area (Å²) < 4.78 is 4.71. The van der Waals surface area contributed by atoms with Crippen LogP contribution in [-0.2, 0) is 0 Å². The highest BCUT2D eigenvalue weighted by Crippen LogP contribution is 2.44. The molecule has 8 heteroatoms. The molecule has 326 valence electrons. The van der Waals surface area contributed by atoms with E-state index in [0.29, 0.717) is 5.65 Å². The third-order valence-electron chi connectivity index (χ3n) is 13.7. The van der Waals surface area contributed by atoms with Crippen LogP contribution < -0.4 is 5.48 Å². The molecule has 7 heterocycles. The summed E-state index contributed by atoms with van der Waals surface area (Å²) >= 11 is 0. The van der Waals surface area contributed by atoms with Crippen LogP contribution in [0, 0.1) is 0 Å². The standard InChI is InChI=1S/C62H38N8/c1-4-10-39(11-5-1)41-16-20-46(21-17-41)53(47-22-18-42(19-23-47)40-12-6-2-7-13-40)62-69-58-50(26-24-48(43-28-32-63-33-29-43)54(58)56-60(69)66-37-36-65-56)51-27-25-49(44-30-34-64-35-31-44)55-57-61(70(62)59(51)55)67-38-52(68-57)45-14-8-3-9-15-45/h1-38H. The van der Waals surface area contributed by atoms with Gasteiger partial charge in [0, 0.05) is 69.9 Å². The van der Waals surface area contributed by atoms with E-state index in [-0.39, 0.29) is 0 Å². The molecule has 0 radical (unpaired) electrons. The van der Waals surface area contributed by atoms with Crippen LogP contribution in [0.15, 0.2) is 231 Å². The Bertz CT molecular complexity index is 4260. The van der Waals surface area contributed by atoms with Crippen LogP contribution in [-0.4, -0.2) is 38.7 Å². The summed E-state index contributed by atoms with van der Waals surface area (Å²) in [5.74, 6) is 0. The van der Waals surface area contributed by atoms with Crippen LogP contribution in [0.1, 0.15) is 11.1 Å². The van der Waals surface area contributed by atoms with Gasteiger partial charge < -0.3 is 0 Å². The topological polar surface area (TPSA) is 86.2 Å². The lowest BCUT2D eigenvalue weighted by Crippen LogP contribution is -2.25. The van der Waals surface area contributed by atoms with Crippen LogP contribution in [0.3, 0.4) is 0 Å². The van der Waals surface area contributed by atoms with Crippen molar-refractivity contribution in [2.45, 2.75) is 0 Å². The lowest BCUT2D eigenvalue weighted by molar-refractivity contribution is 0.998. The molecule has 0 amide bonds. The van der Waals surface area contributed by atoms with Gasteiger partial charge in [-0.3, -0.25) is 23.8 Å². The van der Waals surface area contributed by atoms with Crippen molar-refractivity contribution in [3.63, 3.8) is 0 Å². The zero-order valence-electron chi connectivity index (χ0n) is 37.5. The fraction of sp³-hybridized carbons (Fsp3) is 0. The Labute approximate surface area is 401 Å². The molecule has 0 atom stereocenters. The molecule has 0 saturated heterocycles. The molecular formula is C62H38N8. The number of hydrogen-bond donors (Lipinski definition) is 0. The van der Waals surface area contributed by atoms with Crippen molar-refractivity contribution in [3.8, 4) is 55.8 Å². The van der Waals surface area contributed by atoms with E-state index in [4.69, 9.17) is 19.9 Å². The maximum absolute atomic E-state index is 5.60. The first-order valence-corrected chi connectivity index (χ1v) is 23.3. The molecule has 0 unspecified atom stereocenters. The van der Waals surface area contributed by atoms with Gasteiger partial charge in [0.15, 0.2) is 11.3 Å². The Morgan fingerprint density at radius 3 is 1.30 bits per heavy atom. The summed E-state index contributed by atoms with van der Waals surface area (Å²) in [6.45, 7) is 0. The number of aromatic nitrogens is 8. The number of fused-ring (bicyclic) bond motifs is 7. The SMILES string of the molecule is c1ccc(-c2ccc(C(c3ccc(-c4ccccc4)cc3)=c3n4c5nccnc5c5c(-c6ccncc6)ccc(c6ccc(-c7ccncc7)c7c8nc(-c9ccccc9)cnc8n3c67)c54)cc2)cc1. The zero-order chi connectivity index (χ0) is 46.1. The van der Waals surface area contributed by atoms with Crippen LogP contribution in [0.4, 0.5) is 0 Å². The van der Waals surface area contributed by atoms with Crippen molar-refractivity contribution < 1.29 is 0 Å². The number of pyridine rings is 2. The molecule has 70 heavy (non-hydrogen) atoms. The molecule has 0 N–H and O–H groups in total. The van der Waals surface area contributed by atoms with Crippen molar-refractivity contribution in [1.82, 2.24) is 38.7 Å². The number of benzene rings is 7. The van der Waals surface area contributed by atoms with Crippen molar-refractivity contribution in [3.05, 3.63) is 248 Å². The lowest BCUT2D eigenvalue weighted by atomic mass is 9.94. The fourth-order valence-corrected chi connectivity index (χ4v) is 10.5. The molecule has 14 aromatic rings. The van der Waals surface area contributed by atoms with E-state index in [1.165, 1.54) is 0 Å². The van der Waals surface area contributed by atoms with Gasteiger partial charge >= 0.3 is 0 Å². The van der Waals surface area contributed by atoms with Crippen LogP contribution >= 0.6 is 0 Å². The molecule has 14 rings (SSSR count). The molecule has 0 aliphatic rings. The van der Waals surface area contributed by atoms with Gasteiger partial charge in [-0.05, 0) is 79.9 Å². The van der Waals surface area contributed by atoms with E-state index in [2.05, 4.69) is 189 Å². The van der Waals surface area contributed by atoms with Crippen molar-refractivity contribution >= 4 is 60.5 Å². The van der Waals surface area contributed by atoms with E-state index >= 15 is 0 Å². The van der Waals surface area contributed by atoms with E-state index in [1.54, 1.807) is 12.4 Å². The largest absolute Gasteiger partial charge is 0.276 e. The zero-order valence-corrected chi connectivity index (χ0v) is 37.5. The van der Waals surface area contributed by atoms with Crippen molar-refractivity contribution in [2.24, 2.45) is 0 Å². The van der Waals surface area contributed by atoms with Gasteiger partial charge in [-0.15, -0.1) is 0 Å². The summed E-state index contributed by atoms with van der Waals surface area (Å²) in [5.41, 5.74) is 19.4. The molecular weight excluding hydrogens is 857 g/mol. The highest BCUT2D eigenvalue weighted by Gasteiger charge is 2.27. The monoisotopic (exact) mass is 894 g/mol. The minimum absolute atomic E-state index is 0.716. The van der Waals surface area contributed by atoms with E-state index in [0.717, 1.165) is 127 Å². The molecule has 0 fully saturated rings. The molecule has 7 aromatic heterocycles. The van der Waals surface area contributed by atoms with Gasteiger partial charge in [0.25, 0.3) is 0 Å². The summed E-state index contributed by atoms with van der Waals surface area (Å²) in [6, 6.07) is 66.6. The van der Waals surface area contributed by atoms with Gasteiger partial charge in [0.05, 0.1) is 22.9 Å². The molecule has 0 aliphatic carbocycles. The Hall–Kier alpha value is -9.66. The number of nitrogens with zero attached hydrogens (tertiary/aromatic N) is 8. The minimum Gasteiger partial charge on any atom is -0.276 e. The third kappa shape index (κ3) is 6.17. The normalized spacial score (nSPS) is 11.7. The molecule has 7 aromatic carbocycles. The van der Waals surface area contributed by atoms with E-state index in [1.807, 2.05) is 49.2 Å². The Morgan fingerprint density at radius 1 is 0.343 bits per heavy atom. The quantitative estimate of drug-likeness (QED) is 0.158. The third-order valence-corrected chi connectivity index (χ3v) is 13.7. The number of hydrogen-bond acceptors (Lipinski definition) is 6. The van der Waals surface area contributed by atoms with Gasteiger partial charge in [-0.25, -0.2) is 15.0 Å². The average molecular weight is 895 g/mol. The molecule has 0 bridgehead atoms. The smallest absolute Gasteiger partial charge is 0.165 e. The molecule has 0 saturated carbocycles. The van der Waals surface area contributed by atoms with Gasteiger partial charge in [0.1, 0.15) is 16.5 Å². The maximum Gasteiger partial charge on any atom is 0.165 e. The number of rotatable bonds is 7. The second-order valence-corrected chi connectivity index (χ2v) is 17.5. The van der Waals surface area contributed by atoms with Gasteiger partial charge in [0.2, 0.25) is 0 Å². The summed E-state index contributed by atoms with van der Waals surface area (Å²) in [6.07, 6.45) is 12.9. The molecule has 0 aliphatic heterocycles. The minimum atomic E-state index is 0.716. The first-order valence-electron chi connectivity index (χ1n) is 23.3. The van der Waals surface area contributed by atoms with Crippen LogP contribution in [0.25, 0.3) is 116 Å². The Morgan fingerprint density at radius 2 is 0.786 bits per heavy atom. The Kier molecular flexibility index (Phi) is 9.03. The van der Waals surface area contributed by atoms with E-state index < -0.39 is 0 Å². The predicted molar refractivity (Wildman–Crippen MR) is 282 cm³/mol. The lowest BCUT2D eigenvalue weighted by Gasteiger charge is -2.13. The van der Waals surface area contributed by atoms with Gasteiger partial charge in [-0.1, -0.05) is 164 Å². The van der Waals surface area contributed by atoms with Crippen LogP contribution in [0.5, 0.6) is 0 Å². The Balaban J connectivity index is 1.26. The fourth-order valence-electron chi connectivity index (χ4n) is 10.5. The van der Waals surface area contributed by atoms with Crippen molar-refractivity contribution in [1.29, 1.82) is 0 Å². The summed E-state index contributed by atoms with van der Waals surface area (Å²) in [7, 11) is 0. The highest BCUT2D eigenvalue weighted by atomic mass is 15.1. The van der Waals surface area contributed by atoms with Crippen LogP contribution in [0.2, 0.25) is 0 Å². The summed E-state index contributed by atoms with van der Waals surface area (Å²) in [4.78, 5) is 30.4. The van der Waals surface area contributed by atoms with Gasteiger partial charge in [-0.2, -0.15) is 0 Å². The second-order valence-electron chi connectivity index (χ2n) is 17.5. The predicted octanol–water partition coefficient (Wildman–Crippen LogP) is 13.5. The average Bonchev–Trinajstić information content (AvgIpc) is 3.93. The van der Waals surface area contributed by atoms with Crippen molar-refractivity contribution in [2.75, 3.05) is 0 Å². The maximum atomic E-state index is 5.60. The molecule has 8 nitrogen and oxygen atoms in total. The summed E-state index contributed by atoms with van der Waals surface area (Å²) in [5, 5.41) is 4.07. The first kappa shape index (κ1) is 39.5. The second kappa shape index (κ2) is 16.0. The van der Waals surface area contributed by atoms with E-state index in [9.17, 15) is 0 Å².